The Morgan fingerprint density at radius 1 is 1.15 bits per heavy atom. The van der Waals surface area contributed by atoms with Crippen molar-refractivity contribution in [2.24, 2.45) is 11.5 Å². The number of alkyl halides is 3. The van der Waals surface area contributed by atoms with Gasteiger partial charge in [-0.25, -0.2) is 4.39 Å². The molecule has 4 rings (SSSR count). The number of nitrogens with two attached hydrogens (primary N) is 2. The first-order valence-corrected chi connectivity index (χ1v) is 10.5. The second-order valence-electron chi connectivity index (χ2n) is 8.18. The molecule has 0 aliphatic carbocycles. The van der Waals surface area contributed by atoms with Crippen LogP contribution in [0.25, 0.3) is 0 Å². The van der Waals surface area contributed by atoms with E-state index in [4.69, 9.17) is 11.5 Å². The summed E-state index contributed by atoms with van der Waals surface area (Å²) >= 11 is 0. The van der Waals surface area contributed by atoms with Gasteiger partial charge in [0.25, 0.3) is 5.91 Å². The second kappa shape index (κ2) is 8.93. The molecule has 1 aliphatic heterocycles. The number of primary amides is 1. The van der Waals surface area contributed by atoms with Crippen LogP contribution in [-0.2, 0) is 11.7 Å². The zero-order valence-corrected chi connectivity index (χ0v) is 18.0. The maximum absolute atomic E-state index is 13.2. The van der Waals surface area contributed by atoms with Gasteiger partial charge in [-0.3, -0.25) is 14.5 Å². The van der Waals surface area contributed by atoms with E-state index in [9.17, 15) is 22.4 Å². The molecule has 12 heteroatoms. The van der Waals surface area contributed by atoms with Crippen LogP contribution in [0.15, 0.2) is 48.9 Å². The van der Waals surface area contributed by atoms with Crippen LogP contribution in [0.5, 0.6) is 0 Å². The van der Waals surface area contributed by atoms with E-state index in [0.717, 1.165) is 12.3 Å². The van der Waals surface area contributed by atoms with Crippen LogP contribution in [0.2, 0.25) is 0 Å². The van der Waals surface area contributed by atoms with E-state index in [1.807, 2.05) is 4.90 Å². The highest BCUT2D eigenvalue weighted by Crippen LogP contribution is 2.35. The zero-order chi connectivity index (χ0) is 24.5. The SMILES string of the molecule is NCC1(n2cc(C(N)=O)c(Nc3ccc(F)cc3)n2)CCN(c2cncc(C(F)(F)F)c2)CC1. The smallest absolute Gasteiger partial charge is 0.370 e. The number of nitrogens with one attached hydrogen (secondary N) is 1. The Labute approximate surface area is 192 Å². The number of nitrogens with zero attached hydrogens (tertiary/aromatic N) is 4. The van der Waals surface area contributed by atoms with Gasteiger partial charge in [0.15, 0.2) is 5.82 Å². The molecule has 34 heavy (non-hydrogen) atoms. The molecule has 1 aliphatic rings. The molecule has 1 saturated heterocycles. The summed E-state index contributed by atoms with van der Waals surface area (Å²) in [6, 6.07) is 6.61. The molecule has 3 heterocycles. The summed E-state index contributed by atoms with van der Waals surface area (Å²) < 4.78 is 54.0. The number of carbonyl (C=O) groups excluding carboxylic acids is 1. The number of amides is 1. The van der Waals surface area contributed by atoms with Crippen LogP contribution in [-0.4, -0.2) is 40.3 Å². The van der Waals surface area contributed by atoms with Crippen molar-refractivity contribution in [2.75, 3.05) is 29.9 Å². The summed E-state index contributed by atoms with van der Waals surface area (Å²) in [6.07, 6.45) is 0.165. The van der Waals surface area contributed by atoms with Gasteiger partial charge in [0.05, 0.1) is 23.0 Å². The number of anilines is 3. The molecule has 0 unspecified atom stereocenters. The highest BCUT2D eigenvalue weighted by Gasteiger charge is 2.38. The molecule has 5 N–H and O–H groups in total. The largest absolute Gasteiger partial charge is 0.417 e. The van der Waals surface area contributed by atoms with Gasteiger partial charge in [0.1, 0.15) is 11.4 Å². The first kappa shape index (κ1) is 23.5. The van der Waals surface area contributed by atoms with E-state index in [1.54, 1.807) is 4.68 Å². The number of rotatable bonds is 6. The van der Waals surface area contributed by atoms with Gasteiger partial charge in [-0.1, -0.05) is 0 Å². The third-order valence-corrected chi connectivity index (χ3v) is 6.06. The van der Waals surface area contributed by atoms with Gasteiger partial charge in [-0.05, 0) is 43.2 Å². The predicted molar refractivity (Wildman–Crippen MR) is 118 cm³/mol. The number of hydrogen-bond acceptors (Lipinski definition) is 6. The zero-order valence-electron chi connectivity index (χ0n) is 18.0. The van der Waals surface area contributed by atoms with Crippen molar-refractivity contribution in [3.63, 3.8) is 0 Å². The summed E-state index contributed by atoms with van der Waals surface area (Å²) in [5.41, 5.74) is 11.2. The van der Waals surface area contributed by atoms with Crippen molar-refractivity contribution in [1.29, 1.82) is 0 Å². The molecule has 3 aromatic rings. The highest BCUT2D eigenvalue weighted by molar-refractivity contribution is 5.98. The van der Waals surface area contributed by atoms with Gasteiger partial charge < -0.3 is 21.7 Å². The Hall–Kier alpha value is -3.67. The van der Waals surface area contributed by atoms with E-state index >= 15 is 0 Å². The minimum Gasteiger partial charge on any atom is -0.370 e. The minimum absolute atomic E-state index is 0.140. The lowest BCUT2D eigenvalue weighted by Gasteiger charge is -2.42. The standard InChI is InChI=1S/C22H23F4N7O/c23-15-1-3-16(4-2-15)30-20-18(19(28)34)12-33(31-20)21(13-27)5-7-32(8-6-21)17-9-14(10-29-11-17)22(24,25)26/h1-4,9-12H,5-8,13,27H2,(H2,28,34)(H,30,31). The first-order valence-electron chi connectivity index (χ1n) is 10.5. The van der Waals surface area contributed by atoms with Gasteiger partial charge >= 0.3 is 6.18 Å². The monoisotopic (exact) mass is 477 g/mol. The van der Waals surface area contributed by atoms with E-state index < -0.39 is 29.0 Å². The molecule has 180 valence electrons. The van der Waals surface area contributed by atoms with Crippen LogP contribution in [0.4, 0.5) is 34.8 Å². The summed E-state index contributed by atoms with van der Waals surface area (Å²) in [6.45, 7) is 1.01. The highest BCUT2D eigenvalue weighted by atomic mass is 19.4. The lowest BCUT2D eigenvalue weighted by atomic mass is 9.87. The van der Waals surface area contributed by atoms with Crippen molar-refractivity contribution in [3.05, 3.63) is 65.9 Å². The van der Waals surface area contributed by atoms with Gasteiger partial charge in [0, 0.05) is 37.7 Å². The lowest BCUT2D eigenvalue weighted by Crippen LogP contribution is -2.50. The van der Waals surface area contributed by atoms with Gasteiger partial charge in [-0.15, -0.1) is 0 Å². The molecule has 2 aromatic heterocycles. The number of halogens is 4. The number of pyridine rings is 1. The molecule has 8 nitrogen and oxygen atoms in total. The van der Waals surface area contributed by atoms with Crippen LogP contribution in [0, 0.1) is 5.82 Å². The molecule has 0 spiro atoms. The molecule has 1 fully saturated rings. The molecule has 0 atom stereocenters. The number of carbonyl (C=O) groups is 1. The summed E-state index contributed by atoms with van der Waals surface area (Å²) in [7, 11) is 0. The van der Waals surface area contributed by atoms with Crippen molar-refractivity contribution < 1.29 is 22.4 Å². The molecular weight excluding hydrogens is 454 g/mol. The fraction of sp³-hybridized carbons (Fsp3) is 0.318. The molecule has 1 amide bonds. The summed E-state index contributed by atoms with van der Waals surface area (Å²) in [5.74, 6) is -0.900. The topological polar surface area (TPSA) is 115 Å². The third kappa shape index (κ3) is 4.67. The third-order valence-electron chi connectivity index (χ3n) is 6.06. The maximum Gasteiger partial charge on any atom is 0.417 e. The van der Waals surface area contributed by atoms with E-state index in [0.29, 0.717) is 37.3 Å². The first-order chi connectivity index (χ1) is 16.1. The molecule has 0 saturated carbocycles. The number of aromatic nitrogens is 3. The van der Waals surface area contributed by atoms with Gasteiger partial charge in [0.2, 0.25) is 0 Å². The summed E-state index contributed by atoms with van der Waals surface area (Å²) in [5, 5.41) is 7.48. The van der Waals surface area contributed by atoms with Crippen LogP contribution >= 0.6 is 0 Å². The maximum atomic E-state index is 13.2. The van der Waals surface area contributed by atoms with Crippen LogP contribution < -0.4 is 21.7 Å². The van der Waals surface area contributed by atoms with E-state index in [-0.39, 0.29) is 17.9 Å². The van der Waals surface area contributed by atoms with Crippen molar-refractivity contribution in [3.8, 4) is 0 Å². The molecule has 0 bridgehead atoms. The Morgan fingerprint density at radius 2 is 1.82 bits per heavy atom. The van der Waals surface area contributed by atoms with Gasteiger partial charge in [-0.2, -0.15) is 18.3 Å². The molecular formula is C22H23F4N7O. The van der Waals surface area contributed by atoms with Crippen LogP contribution in [0.1, 0.15) is 28.8 Å². The molecule has 0 radical (unpaired) electrons. The second-order valence-corrected chi connectivity index (χ2v) is 8.18. The Balaban J connectivity index is 1.57. The Morgan fingerprint density at radius 3 is 2.41 bits per heavy atom. The predicted octanol–water partition coefficient (Wildman–Crippen LogP) is 3.23. The van der Waals surface area contributed by atoms with Crippen molar-refractivity contribution in [1.82, 2.24) is 14.8 Å². The van der Waals surface area contributed by atoms with E-state index in [1.165, 1.54) is 36.7 Å². The quantitative estimate of drug-likeness (QED) is 0.470. The number of piperidine rings is 1. The van der Waals surface area contributed by atoms with E-state index in [2.05, 4.69) is 15.4 Å². The number of hydrogen-bond donors (Lipinski definition) is 3. The fourth-order valence-corrected chi connectivity index (χ4v) is 4.02. The lowest BCUT2D eigenvalue weighted by molar-refractivity contribution is -0.137. The fourth-order valence-electron chi connectivity index (χ4n) is 4.02. The number of benzene rings is 1. The Bertz CT molecular complexity index is 1170. The van der Waals surface area contributed by atoms with Crippen molar-refractivity contribution >= 4 is 23.1 Å². The molecule has 1 aromatic carbocycles. The average molecular weight is 477 g/mol. The Kier molecular flexibility index (Phi) is 6.17. The normalized spacial score (nSPS) is 15.9. The summed E-state index contributed by atoms with van der Waals surface area (Å²) in [4.78, 5) is 17.6. The van der Waals surface area contributed by atoms with Crippen LogP contribution in [0.3, 0.4) is 0 Å². The van der Waals surface area contributed by atoms with Crippen molar-refractivity contribution in [2.45, 2.75) is 24.6 Å². The average Bonchev–Trinajstić information content (AvgIpc) is 3.25. The minimum atomic E-state index is -4.48.